The van der Waals surface area contributed by atoms with Gasteiger partial charge in [-0.2, -0.15) is 0 Å². The predicted molar refractivity (Wildman–Crippen MR) is 83.7 cm³/mol. The molecule has 2 N–H and O–H groups in total. The molecule has 0 amide bonds. The lowest BCUT2D eigenvalue weighted by Crippen LogP contribution is -2.56. The van der Waals surface area contributed by atoms with Crippen LogP contribution in [0, 0.1) is 0 Å². The van der Waals surface area contributed by atoms with Crippen LogP contribution < -0.4 is 10.6 Å². The Morgan fingerprint density at radius 2 is 2.05 bits per heavy atom. The molecule has 1 aromatic heterocycles. The van der Waals surface area contributed by atoms with Crippen molar-refractivity contribution in [1.82, 2.24) is 9.88 Å². The van der Waals surface area contributed by atoms with Crippen LogP contribution in [0.4, 0.5) is 5.69 Å². The predicted octanol–water partition coefficient (Wildman–Crippen LogP) is 1.64. The van der Waals surface area contributed by atoms with Crippen LogP contribution in [0.5, 0.6) is 0 Å². The maximum absolute atomic E-state index is 5.56. The topological polar surface area (TPSA) is 45.4 Å². The second kappa shape index (κ2) is 5.43. The van der Waals surface area contributed by atoms with Crippen molar-refractivity contribution < 1.29 is 0 Å². The number of anilines is 1. The molecule has 0 aromatic carbocycles. The third kappa shape index (κ3) is 2.87. The Bertz CT molecular complexity index is 451. The van der Waals surface area contributed by atoms with E-state index in [4.69, 9.17) is 18.0 Å². The van der Waals surface area contributed by atoms with E-state index in [1.807, 2.05) is 18.3 Å². The summed E-state index contributed by atoms with van der Waals surface area (Å²) in [6.07, 6.45) is 5.70. The van der Waals surface area contributed by atoms with Crippen molar-refractivity contribution in [2.24, 2.45) is 5.73 Å². The smallest absolute Gasteiger partial charge is 0.122 e. The van der Waals surface area contributed by atoms with E-state index in [9.17, 15) is 0 Å². The third-order valence-electron chi connectivity index (χ3n) is 4.21. The normalized spacial score (nSPS) is 17.1. The number of nitrogens with zero attached hydrogens (tertiary/aromatic N) is 3. The van der Waals surface area contributed by atoms with Crippen LogP contribution >= 0.6 is 12.2 Å². The van der Waals surface area contributed by atoms with Crippen molar-refractivity contribution in [3.8, 4) is 0 Å². The summed E-state index contributed by atoms with van der Waals surface area (Å²) < 4.78 is 0. The molecule has 1 aliphatic rings. The number of hydrogen-bond donors (Lipinski definition) is 1. The van der Waals surface area contributed by atoms with Crippen LogP contribution in [0.2, 0.25) is 0 Å². The average Bonchev–Trinajstić information content (AvgIpc) is 2.33. The second-order valence-corrected chi connectivity index (χ2v) is 6.03. The minimum atomic E-state index is 0.316. The van der Waals surface area contributed by atoms with E-state index in [1.54, 1.807) is 0 Å². The van der Waals surface area contributed by atoms with Crippen molar-refractivity contribution >= 4 is 22.9 Å². The van der Waals surface area contributed by atoms with Crippen LogP contribution in [-0.4, -0.2) is 48.1 Å². The molecule has 1 saturated carbocycles. The molecular formula is C14H22N4S. The van der Waals surface area contributed by atoms with Crippen molar-refractivity contribution in [2.75, 3.05) is 32.6 Å². The second-order valence-electron chi connectivity index (χ2n) is 5.59. The van der Waals surface area contributed by atoms with E-state index in [-0.39, 0.29) is 0 Å². The van der Waals surface area contributed by atoms with Crippen LogP contribution in [0.15, 0.2) is 18.3 Å². The average molecular weight is 278 g/mol. The Morgan fingerprint density at radius 1 is 1.37 bits per heavy atom. The highest BCUT2D eigenvalue weighted by Crippen LogP contribution is 2.37. The summed E-state index contributed by atoms with van der Waals surface area (Å²) in [6, 6.07) is 3.92. The van der Waals surface area contributed by atoms with E-state index >= 15 is 0 Å². The van der Waals surface area contributed by atoms with Gasteiger partial charge in [-0.3, -0.25) is 4.98 Å². The van der Waals surface area contributed by atoms with Crippen molar-refractivity contribution in [1.29, 1.82) is 0 Å². The van der Waals surface area contributed by atoms with Crippen molar-refractivity contribution in [3.63, 3.8) is 0 Å². The van der Waals surface area contributed by atoms with Gasteiger partial charge in [0, 0.05) is 19.1 Å². The van der Waals surface area contributed by atoms with Gasteiger partial charge in [0.25, 0.3) is 0 Å². The van der Waals surface area contributed by atoms with Gasteiger partial charge in [-0.15, -0.1) is 0 Å². The van der Waals surface area contributed by atoms with Crippen molar-refractivity contribution in [3.05, 3.63) is 24.0 Å². The molecule has 1 aliphatic carbocycles. The number of likely N-dealkylation sites (N-methyl/N-ethyl adjacent to an activating group) is 2. The van der Waals surface area contributed by atoms with Crippen LogP contribution in [0.1, 0.15) is 25.0 Å². The number of hydrogen-bond acceptors (Lipinski definition) is 4. The molecule has 0 aliphatic heterocycles. The summed E-state index contributed by atoms with van der Waals surface area (Å²) in [4.78, 5) is 9.25. The van der Waals surface area contributed by atoms with Gasteiger partial charge in [-0.1, -0.05) is 12.2 Å². The molecule has 5 heteroatoms. The van der Waals surface area contributed by atoms with Crippen molar-refractivity contribution in [2.45, 2.75) is 24.8 Å². The van der Waals surface area contributed by atoms with E-state index in [0.29, 0.717) is 16.2 Å². The standard InChI is InChI=1S/C14H22N4S/c1-17(2)14(7-4-8-14)10-18(3)11-5-6-12(13(15)19)16-9-11/h5-6,9H,4,7-8,10H2,1-3H3,(H2,15,19). The Labute approximate surface area is 120 Å². The third-order valence-corrected chi connectivity index (χ3v) is 4.41. The zero-order valence-corrected chi connectivity index (χ0v) is 12.7. The van der Waals surface area contributed by atoms with Crippen LogP contribution in [-0.2, 0) is 0 Å². The molecule has 1 heterocycles. The van der Waals surface area contributed by atoms with Gasteiger partial charge in [-0.05, 0) is 45.5 Å². The summed E-state index contributed by atoms with van der Waals surface area (Å²) in [5, 5.41) is 0. The minimum absolute atomic E-state index is 0.316. The molecule has 104 valence electrons. The monoisotopic (exact) mass is 278 g/mol. The first kappa shape index (κ1) is 14.2. The Balaban J connectivity index is 2.07. The molecule has 1 aromatic rings. The quantitative estimate of drug-likeness (QED) is 0.830. The number of thiocarbonyl (C=S) groups is 1. The fourth-order valence-corrected chi connectivity index (χ4v) is 2.74. The minimum Gasteiger partial charge on any atom is -0.388 e. The molecule has 1 fully saturated rings. The number of pyridine rings is 1. The first-order valence-corrected chi connectivity index (χ1v) is 7.00. The van der Waals surface area contributed by atoms with Gasteiger partial charge in [0.1, 0.15) is 4.99 Å². The van der Waals surface area contributed by atoms with Gasteiger partial charge >= 0.3 is 0 Å². The Kier molecular flexibility index (Phi) is 4.06. The lowest BCUT2D eigenvalue weighted by atomic mass is 9.75. The number of nitrogens with two attached hydrogens (primary N) is 1. The molecule has 0 radical (unpaired) electrons. The highest BCUT2D eigenvalue weighted by molar-refractivity contribution is 7.80. The maximum Gasteiger partial charge on any atom is 0.122 e. The van der Waals surface area contributed by atoms with E-state index < -0.39 is 0 Å². The van der Waals surface area contributed by atoms with E-state index in [2.05, 4.69) is 35.9 Å². The first-order chi connectivity index (χ1) is 8.94. The Morgan fingerprint density at radius 3 is 2.42 bits per heavy atom. The maximum atomic E-state index is 5.56. The lowest BCUT2D eigenvalue weighted by molar-refractivity contribution is 0.0683. The van der Waals surface area contributed by atoms with Gasteiger partial charge in [0.2, 0.25) is 0 Å². The summed E-state index contributed by atoms with van der Waals surface area (Å²) in [5.74, 6) is 0. The van der Waals surface area contributed by atoms with Gasteiger partial charge in [0.05, 0.1) is 17.6 Å². The molecule has 0 atom stereocenters. The molecular weight excluding hydrogens is 256 g/mol. The summed E-state index contributed by atoms with van der Waals surface area (Å²) >= 11 is 4.92. The SMILES string of the molecule is CN(CC1(N(C)C)CCC1)c1ccc(C(N)=S)nc1. The summed E-state index contributed by atoms with van der Waals surface area (Å²) in [5.41, 5.74) is 7.66. The largest absolute Gasteiger partial charge is 0.388 e. The highest BCUT2D eigenvalue weighted by atomic mass is 32.1. The molecule has 0 unspecified atom stereocenters. The molecule has 0 bridgehead atoms. The number of aromatic nitrogens is 1. The number of rotatable bonds is 5. The highest BCUT2D eigenvalue weighted by Gasteiger charge is 2.39. The zero-order chi connectivity index (χ0) is 14.0. The molecule has 2 rings (SSSR count). The molecule has 19 heavy (non-hydrogen) atoms. The molecule has 0 saturated heterocycles. The summed E-state index contributed by atoms with van der Waals surface area (Å²) in [6.45, 7) is 1.02. The van der Waals surface area contributed by atoms with E-state index in [0.717, 1.165) is 12.2 Å². The zero-order valence-electron chi connectivity index (χ0n) is 11.9. The van der Waals surface area contributed by atoms with Gasteiger partial charge < -0.3 is 15.5 Å². The van der Waals surface area contributed by atoms with Gasteiger partial charge in [0.15, 0.2) is 0 Å². The lowest BCUT2D eigenvalue weighted by Gasteiger charge is -2.49. The van der Waals surface area contributed by atoms with Gasteiger partial charge in [-0.25, -0.2) is 0 Å². The molecule has 0 spiro atoms. The fraction of sp³-hybridized carbons (Fsp3) is 0.571. The fourth-order valence-electron chi connectivity index (χ4n) is 2.62. The van der Waals surface area contributed by atoms with Crippen LogP contribution in [0.25, 0.3) is 0 Å². The summed E-state index contributed by atoms with van der Waals surface area (Å²) in [7, 11) is 6.45. The first-order valence-electron chi connectivity index (χ1n) is 6.59. The van der Waals surface area contributed by atoms with Crippen LogP contribution in [0.3, 0.4) is 0 Å². The Hall–Kier alpha value is -1.20. The van der Waals surface area contributed by atoms with E-state index in [1.165, 1.54) is 19.3 Å². The molecule has 4 nitrogen and oxygen atoms in total.